The molecule has 1 fully saturated rings. The summed E-state index contributed by atoms with van der Waals surface area (Å²) in [6.07, 6.45) is 0.745. The lowest BCUT2D eigenvalue weighted by Gasteiger charge is -2.35. The lowest BCUT2D eigenvalue weighted by molar-refractivity contribution is 0.192. The van der Waals surface area contributed by atoms with Crippen LogP contribution in [0.3, 0.4) is 0 Å². The van der Waals surface area contributed by atoms with Crippen molar-refractivity contribution in [1.29, 1.82) is 0 Å². The number of carbonyl (C=O) groups is 2. The smallest absolute Gasteiger partial charge is 0.320 e. The number of para-hydroxylation sites is 1. The normalized spacial score (nSPS) is 13.8. The molecule has 164 valence electrons. The molecule has 4 amide bonds. The third kappa shape index (κ3) is 5.03. The van der Waals surface area contributed by atoms with E-state index in [1.54, 1.807) is 46.2 Å². The van der Waals surface area contributed by atoms with E-state index in [1.807, 2.05) is 18.2 Å². The number of carbonyl (C=O) groups excluding carboxylic acids is 2. The molecule has 0 radical (unpaired) electrons. The molecule has 0 spiro atoms. The van der Waals surface area contributed by atoms with Crippen molar-refractivity contribution in [3.8, 4) is 0 Å². The van der Waals surface area contributed by atoms with Gasteiger partial charge in [0.15, 0.2) is 11.6 Å². The molecule has 8 heteroatoms. The molecule has 3 aromatic rings. The summed E-state index contributed by atoms with van der Waals surface area (Å²) in [7, 11) is 0. The van der Waals surface area contributed by atoms with Crippen molar-refractivity contribution >= 4 is 29.1 Å². The number of benzene rings is 3. The maximum absolute atomic E-state index is 13.5. The SMILES string of the molecule is O=C(Nc1ccccc1)Nc1ccc(N2CCCN(Cc3ccc(F)c(F)c3)C2=O)cc1. The largest absolute Gasteiger partial charge is 0.324 e. The number of rotatable bonds is 5. The van der Waals surface area contributed by atoms with Gasteiger partial charge in [0.05, 0.1) is 0 Å². The summed E-state index contributed by atoms with van der Waals surface area (Å²) < 4.78 is 26.7. The fraction of sp³-hybridized carbons (Fsp3) is 0.167. The van der Waals surface area contributed by atoms with Gasteiger partial charge < -0.3 is 15.5 Å². The molecule has 4 rings (SSSR count). The highest BCUT2D eigenvalue weighted by molar-refractivity contribution is 6.00. The van der Waals surface area contributed by atoms with E-state index in [2.05, 4.69) is 10.6 Å². The van der Waals surface area contributed by atoms with Gasteiger partial charge in [-0.05, 0) is 60.5 Å². The maximum atomic E-state index is 13.5. The molecule has 3 aromatic carbocycles. The highest BCUT2D eigenvalue weighted by Crippen LogP contribution is 2.24. The van der Waals surface area contributed by atoms with Crippen LogP contribution in [0.1, 0.15) is 12.0 Å². The van der Waals surface area contributed by atoms with Gasteiger partial charge in [-0.15, -0.1) is 0 Å². The van der Waals surface area contributed by atoms with Crippen LogP contribution in [0.2, 0.25) is 0 Å². The predicted molar refractivity (Wildman–Crippen MR) is 120 cm³/mol. The zero-order chi connectivity index (χ0) is 22.5. The molecule has 0 aliphatic carbocycles. The van der Waals surface area contributed by atoms with Crippen molar-refractivity contribution in [1.82, 2.24) is 4.90 Å². The van der Waals surface area contributed by atoms with Crippen LogP contribution in [0.4, 0.5) is 35.4 Å². The van der Waals surface area contributed by atoms with Gasteiger partial charge >= 0.3 is 12.1 Å². The highest BCUT2D eigenvalue weighted by atomic mass is 19.2. The second-order valence-corrected chi connectivity index (χ2v) is 7.45. The van der Waals surface area contributed by atoms with E-state index in [0.717, 1.165) is 18.6 Å². The Kier molecular flexibility index (Phi) is 6.30. The zero-order valence-corrected chi connectivity index (χ0v) is 17.2. The van der Waals surface area contributed by atoms with E-state index in [-0.39, 0.29) is 18.6 Å². The summed E-state index contributed by atoms with van der Waals surface area (Å²) in [5.74, 6) is -1.84. The first-order valence-corrected chi connectivity index (χ1v) is 10.2. The van der Waals surface area contributed by atoms with E-state index < -0.39 is 11.6 Å². The van der Waals surface area contributed by atoms with Gasteiger partial charge in [0.2, 0.25) is 0 Å². The van der Waals surface area contributed by atoms with E-state index in [9.17, 15) is 18.4 Å². The zero-order valence-electron chi connectivity index (χ0n) is 17.2. The Balaban J connectivity index is 1.38. The van der Waals surface area contributed by atoms with E-state index in [0.29, 0.717) is 35.7 Å². The monoisotopic (exact) mass is 436 g/mol. The van der Waals surface area contributed by atoms with E-state index >= 15 is 0 Å². The molecule has 32 heavy (non-hydrogen) atoms. The van der Waals surface area contributed by atoms with Crippen LogP contribution < -0.4 is 15.5 Å². The molecule has 1 aliphatic rings. The summed E-state index contributed by atoms with van der Waals surface area (Å²) in [5.41, 5.74) is 2.49. The van der Waals surface area contributed by atoms with Gasteiger partial charge in [-0.25, -0.2) is 18.4 Å². The fourth-order valence-electron chi connectivity index (χ4n) is 3.57. The summed E-state index contributed by atoms with van der Waals surface area (Å²) in [6, 6.07) is 19.2. The Hall–Kier alpha value is -3.94. The minimum Gasteiger partial charge on any atom is -0.320 e. The topological polar surface area (TPSA) is 64.7 Å². The Morgan fingerprint density at radius 1 is 0.844 bits per heavy atom. The van der Waals surface area contributed by atoms with Gasteiger partial charge in [0, 0.05) is 36.7 Å². The predicted octanol–water partition coefficient (Wildman–Crippen LogP) is 5.44. The molecule has 1 heterocycles. The van der Waals surface area contributed by atoms with Crippen LogP contribution in [-0.2, 0) is 6.54 Å². The van der Waals surface area contributed by atoms with Crippen LogP contribution in [0, 0.1) is 11.6 Å². The number of anilines is 3. The quantitative estimate of drug-likeness (QED) is 0.559. The number of urea groups is 2. The molecule has 0 unspecified atom stereocenters. The third-order valence-corrected chi connectivity index (χ3v) is 5.14. The number of nitrogens with one attached hydrogen (secondary N) is 2. The third-order valence-electron chi connectivity index (χ3n) is 5.14. The summed E-state index contributed by atoms with van der Waals surface area (Å²) >= 11 is 0. The van der Waals surface area contributed by atoms with Crippen LogP contribution in [-0.4, -0.2) is 30.1 Å². The number of nitrogens with zero attached hydrogens (tertiary/aromatic N) is 2. The van der Waals surface area contributed by atoms with Gasteiger partial charge in [-0.1, -0.05) is 24.3 Å². The van der Waals surface area contributed by atoms with Crippen LogP contribution >= 0.6 is 0 Å². The molecule has 0 saturated carbocycles. The molecular formula is C24H22F2N4O2. The van der Waals surface area contributed by atoms with Crippen LogP contribution in [0.25, 0.3) is 0 Å². The molecule has 1 aliphatic heterocycles. The van der Waals surface area contributed by atoms with Crippen molar-refractivity contribution in [2.75, 3.05) is 28.6 Å². The number of hydrogen-bond donors (Lipinski definition) is 2. The first-order valence-electron chi connectivity index (χ1n) is 10.2. The number of hydrogen-bond acceptors (Lipinski definition) is 2. The molecule has 0 aromatic heterocycles. The van der Waals surface area contributed by atoms with Crippen molar-refractivity contribution in [2.45, 2.75) is 13.0 Å². The average Bonchev–Trinajstić information content (AvgIpc) is 2.79. The standard InChI is InChI=1S/C24H22F2N4O2/c25-21-12-7-17(15-22(21)26)16-29-13-4-14-30(24(29)32)20-10-8-19(9-11-20)28-23(31)27-18-5-2-1-3-6-18/h1-3,5-12,15H,4,13-14,16H2,(H2,27,28,31). The lowest BCUT2D eigenvalue weighted by Crippen LogP contribution is -2.49. The summed E-state index contributed by atoms with van der Waals surface area (Å²) in [4.78, 5) is 28.3. The lowest BCUT2D eigenvalue weighted by atomic mass is 10.1. The minimum atomic E-state index is -0.928. The van der Waals surface area contributed by atoms with Crippen molar-refractivity contribution in [2.24, 2.45) is 0 Å². The molecule has 2 N–H and O–H groups in total. The van der Waals surface area contributed by atoms with E-state index in [1.165, 1.54) is 6.07 Å². The Morgan fingerprint density at radius 2 is 1.53 bits per heavy atom. The second-order valence-electron chi connectivity index (χ2n) is 7.45. The highest BCUT2D eigenvalue weighted by Gasteiger charge is 2.27. The molecule has 6 nitrogen and oxygen atoms in total. The van der Waals surface area contributed by atoms with Gasteiger partial charge in [-0.2, -0.15) is 0 Å². The van der Waals surface area contributed by atoms with Crippen LogP contribution in [0.5, 0.6) is 0 Å². The van der Waals surface area contributed by atoms with Crippen molar-refractivity contribution < 1.29 is 18.4 Å². The Morgan fingerprint density at radius 3 is 2.22 bits per heavy atom. The Bertz CT molecular complexity index is 1110. The fourth-order valence-corrected chi connectivity index (χ4v) is 3.57. The number of halogens is 2. The summed E-state index contributed by atoms with van der Waals surface area (Å²) in [6.45, 7) is 1.29. The molecule has 0 atom stereocenters. The molecule has 0 bridgehead atoms. The van der Waals surface area contributed by atoms with Crippen molar-refractivity contribution in [3.05, 3.63) is 90.0 Å². The Labute approximate surface area is 184 Å². The summed E-state index contributed by atoms with van der Waals surface area (Å²) in [5, 5.41) is 5.49. The van der Waals surface area contributed by atoms with E-state index in [4.69, 9.17) is 0 Å². The maximum Gasteiger partial charge on any atom is 0.324 e. The van der Waals surface area contributed by atoms with Crippen LogP contribution in [0.15, 0.2) is 72.8 Å². The average molecular weight is 436 g/mol. The van der Waals surface area contributed by atoms with Gasteiger partial charge in [0.25, 0.3) is 0 Å². The van der Waals surface area contributed by atoms with Gasteiger partial charge in [0.1, 0.15) is 0 Å². The van der Waals surface area contributed by atoms with Gasteiger partial charge in [-0.3, -0.25) is 4.90 Å². The first kappa shape index (κ1) is 21.3. The molecule has 1 saturated heterocycles. The molecular weight excluding hydrogens is 414 g/mol. The first-order chi connectivity index (χ1) is 15.5. The minimum absolute atomic E-state index is 0.200. The van der Waals surface area contributed by atoms with Crippen molar-refractivity contribution in [3.63, 3.8) is 0 Å². The number of amides is 4. The second kappa shape index (κ2) is 9.47.